The van der Waals surface area contributed by atoms with E-state index in [1.807, 2.05) is 6.92 Å². The van der Waals surface area contributed by atoms with Crippen LogP contribution in [0.1, 0.15) is 34.2 Å². The van der Waals surface area contributed by atoms with Crippen LogP contribution in [0.15, 0.2) is 91.6 Å². The van der Waals surface area contributed by atoms with E-state index in [2.05, 4.69) is 4.72 Å². The third-order valence-electron chi connectivity index (χ3n) is 7.34. The molecule has 0 amide bonds. The zero-order valence-electron chi connectivity index (χ0n) is 24.5. The Balaban J connectivity index is 1.62. The normalized spacial score (nSPS) is 17.2. The molecular formula is C32H28ClNO10S. The van der Waals surface area contributed by atoms with Gasteiger partial charge in [0.15, 0.2) is 11.5 Å². The number of hydrogen-bond donors (Lipinski definition) is 2. The van der Waals surface area contributed by atoms with Crippen LogP contribution < -0.4 is 19.8 Å². The van der Waals surface area contributed by atoms with Crippen molar-refractivity contribution in [1.29, 1.82) is 0 Å². The smallest absolute Gasteiger partial charge is 0.348 e. The highest BCUT2D eigenvalue weighted by atomic mass is 35.5. The number of sulfonamides is 1. The van der Waals surface area contributed by atoms with E-state index in [9.17, 15) is 27.9 Å². The van der Waals surface area contributed by atoms with E-state index in [0.29, 0.717) is 5.56 Å². The Morgan fingerprint density at radius 2 is 1.71 bits per heavy atom. The van der Waals surface area contributed by atoms with Gasteiger partial charge in [-0.25, -0.2) is 18.0 Å². The quantitative estimate of drug-likeness (QED) is 0.199. The molecule has 0 saturated carbocycles. The Morgan fingerprint density at radius 1 is 1.04 bits per heavy atom. The molecule has 0 unspecified atom stereocenters. The number of methoxy groups -OCH3 is 2. The molecule has 2 atom stereocenters. The van der Waals surface area contributed by atoms with Crippen LogP contribution in [0.2, 0.25) is 0 Å². The van der Waals surface area contributed by atoms with Gasteiger partial charge in [-0.1, -0.05) is 59.6 Å². The number of allylic oxidation sites excluding steroid dienone is 1. The van der Waals surface area contributed by atoms with E-state index in [1.165, 1.54) is 45.4 Å². The molecule has 1 aliphatic carbocycles. The molecule has 13 heteroatoms. The Bertz CT molecular complexity index is 2020. The van der Waals surface area contributed by atoms with E-state index in [4.69, 9.17) is 30.2 Å². The average molecular weight is 654 g/mol. The molecule has 11 nitrogen and oxygen atoms in total. The van der Waals surface area contributed by atoms with Crippen molar-refractivity contribution in [2.45, 2.75) is 36.8 Å². The van der Waals surface area contributed by atoms with Gasteiger partial charge < -0.3 is 23.7 Å². The molecule has 3 aromatic carbocycles. The van der Waals surface area contributed by atoms with E-state index in [1.54, 1.807) is 42.5 Å². The van der Waals surface area contributed by atoms with Crippen LogP contribution in [0, 0.1) is 6.92 Å². The standard InChI is InChI=1S/C32H28ClNO10S/c1-17-10-12-20(13-11-17)45(39,40)34-22(14-18-8-6-5-7-9-18)30(36)43-23-16-19(41-3)15-21-24(23)31(37)44-27-25(21)32(2,38)29(33)28(42-4)26(27)35/h5-13,15-16,22,34,38H,14H2,1-4H3/t22-,32-/m0/s1. The summed E-state index contributed by atoms with van der Waals surface area (Å²) in [6.07, 6.45) is -0.0971. The molecular weight excluding hydrogens is 626 g/mol. The number of ketones is 1. The van der Waals surface area contributed by atoms with Crippen molar-refractivity contribution in [2.24, 2.45) is 0 Å². The Kier molecular flexibility index (Phi) is 8.60. The summed E-state index contributed by atoms with van der Waals surface area (Å²) in [5.41, 5.74) is -1.86. The molecule has 234 valence electrons. The molecule has 5 rings (SSSR count). The second-order valence-electron chi connectivity index (χ2n) is 10.5. The summed E-state index contributed by atoms with van der Waals surface area (Å²) in [5, 5.41) is 10.7. The first-order valence-corrected chi connectivity index (χ1v) is 15.4. The molecule has 0 radical (unpaired) electrons. The number of aryl methyl sites for hydroxylation is 1. The van der Waals surface area contributed by atoms with Crippen molar-refractivity contribution >= 4 is 44.1 Å². The fourth-order valence-electron chi connectivity index (χ4n) is 5.05. The molecule has 0 saturated heterocycles. The number of carbonyl (C=O) groups excluding carboxylic acids is 2. The number of Topliss-reactive ketones (excluding diaryl/α,β-unsaturated/α-hetero) is 1. The first-order chi connectivity index (χ1) is 21.3. The maximum absolute atomic E-state index is 13.8. The predicted molar refractivity (Wildman–Crippen MR) is 164 cm³/mol. The van der Waals surface area contributed by atoms with Gasteiger partial charge in [0.25, 0.3) is 5.78 Å². The maximum Gasteiger partial charge on any atom is 0.348 e. The van der Waals surface area contributed by atoms with Gasteiger partial charge in [0.05, 0.1) is 19.1 Å². The number of ether oxygens (including phenoxy) is 3. The summed E-state index contributed by atoms with van der Waals surface area (Å²) >= 11 is 6.36. The van der Waals surface area contributed by atoms with Crippen LogP contribution in [0.5, 0.6) is 11.5 Å². The third-order valence-corrected chi connectivity index (χ3v) is 9.37. The highest BCUT2D eigenvalue weighted by Crippen LogP contribution is 2.46. The van der Waals surface area contributed by atoms with Gasteiger partial charge in [0.1, 0.15) is 33.6 Å². The third kappa shape index (κ3) is 5.97. The second kappa shape index (κ2) is 12.1. The van der Waals surface area contributed by atoms with Crippen LogP contribution in [0.4, 0.5) is 0 Å². The number of hydrogen-bond acceptors (Lipinski definition) is 10. The van der Waals surface area contributed by atoms with Crippen molar-refractivity contribution in [3.63, 3.8) is 0 Å². The van der Waals surface area contributed by atoms with Gasteiger partial charge in [0.2, 0.25) is 10.0 Å². The topological polar surface area (TPSA) is 158 Å². The Labute approximate surface area is 263 Å². The molecule has 1 aromatic heterocycles. The maximum atomic E-state index is 13.8. The van der Waals surface area contributed by atoms with Crippen molar-refractivity contribution in [3.05, 3.63) is 110 Å². The largest absolute Gasteiger partial charge is 0.497 e. The number of halogens is 1. The van der Waals surface area contributed by atoms with Gasteiger partial charge in [-0.05, 0) is 44.0 Å². The number of rotatable bonds is 9. The lowest BCUT2D eigenvalue weighted by molar-refractivity contribution is -0.136. The number of esters is 1. The van der Waals surface area contributed by atoms with Crippen LogP contribution in [-0.2, 0) is 31.6 Å². The zero-order chi connectivity index (χ0) is 32.7. The summed E-state index contributed by atoms with van der Waals surface area (Å²) in [6.45, 7) is 3.08. The molecule has 0 aliphatic heterocycles. The predicted octanol–water partition coefficient (Wildman–Crippen LogP) is 4.11. The molecule has 4 aromatic rings. The first kappa shape index (κ1) is 31.9. The number of nitrogens with one attached hydrogen (secondary N) is 1. The fraction of sp³-hybridized carbons (Fsp3) is 0.219. The molecule has 0 spiro atoms. The summed E-state index contributed by atoms with van der Waals surface area (Å²) < 4.78 is 50.6. The van der Waals surface area contributed by atoms with E-state index < -0.39 is 50.6 Å². The van der Waals surface area contributed by atoms with Crippen molar-refractivity contribution in [3.8, 4) is 11.5 Å². The number of fused-ring (bicyclic) bond motifs is 3. The summed E-state index contributed by atoms with van der Waals surface area (Å²) in [6, 6.07) is 15.9. The van der Waals surface area contributed by atoms with Crippen molar-refractivity contribution in [1.82, 2.24) is 4.72 Å². The summed E-state index contributed by atoms with van der Waals surface area (Å²) in [4.78, 5) is 40.2. The van der Waals surface area contributed by atoms with Crippen LogP contribution >= 0.6 is 11.6 Å². The van der Waals surface area contributed by atoms with Gasteiger partial charge in [0, 0.05) is 17.0 Å². The van der Waals surface area contributed by atoms with Crippen LogP contribution in [0.3, 0.4) is 0 Å². The average Bonchev–Trinajstić information content (AvgIpc) is 3.00. The minimum atomic E-state index is -4.20. The number of benzene rings is 3. The van der Waals surface area contributed by atoms with E-state index >= 15 is 0 Å². The summed E-state index contributed by atoms with van der Waals surface area (Å²) in [7, 11) is -1.71. The fourth-order valence-corrected chi connectivity index (χ4v) is 6.49. The monoisotopic (exact) mass is 653 g/mol. The lowest BCUT2D eigenvalue weighted by Crippen LogP contribution is -2.44. The number of carbonyl (C=O) groups is 2. The van der Waals surface area contributed by atoms with Crippen molar-refractivity contribution in [2.75, 3.05) is 14.2 Å². The summed E-state index contributed by atoms with van der Waals surface area (Å²) in [5.74, 6) is -3.13. The van der Waals surface area contributed by atoms with E-state index in [0.717, 1.165) is 5.56 Å². The first-order valence-electron chi connectivity index (χ1n) is 13.5. The second-order valence-corrected chi connectivity index (χ2v) is 12.6. The molecule has 0 bridgehead atoms. The molecule has 45 heavy (non-hydrogen) atoms. The lowest BCUT2D eigenvalue weighted by atomic mass is 9.84. The highest BCUT2D eigenvalue weighted by Gasteiger charge is 2.45. The zero-order valence-corrected chi connectivity index (χ0v) is 26.1. The van der Waals surface area contributed by atoms with Crippen LogP contribution in [0.25, 0.3) is 10.8 Å². The number of aliphatic hydroxyl groups is 1. The SMILES string of the molecule is COC1=C(Cl)[C@@](C)(O)c2c(oc(=O)c3c(OC(=O)[C@H](Cc4ccccc4)NS(=O)(=O)c4ccc(C)cc4)cc(OC)cc23)C1=O. The van der Waals surface area contributed by atoms with E-state index in [-0.39, 0.29) is 44.2 Å². The molecule has 0 fully saturated rings. The van der Waals surface area contributed by atoms with Gasteiger partial charge >= 0.3 is 11.6 Å². The molecule has 1 heterocycles. The van der Waals surface area contributed by atoms with Gasteiger partial charge in [-0.3, -0.25) is 4.79 Å². The van der Waals surface area contributed by atoms with Crippen LogP contribution in [-0.4, -0.2) is 45.5 Å². The van der Waals surface area contributed by atoms with Gasteiger partial charge in [-0.15, -0.1) is 0 Å². The minimum absolute atomic E-state index is 0.0464. The Morgan fingerprint density at radius 3 is 2.33 bits per heavy atom. The minimum Gasteiger partial charge on any atom is -0.497 e. The van der Waals surface area contributed by atoms with Crippen molar-refractivity contribution < 1.29 is 41.7 Å². The Hall–Kier alpha value is -4.49. The molecule has 1 aliphatic rings. The van der Waals surface area contributed by atoms with Gasteiger partial charge in [-0.2, -0.15) is 4.72 Å². The molecule has 2 N–H and O–H groups in total. The lowest BCUT2D eigenvalue weighted by Gasteiger charge is -2.31. The highest BCUT2D eigenvalue weighted by molar-refractivity contribution is 7.89.